The van der Waals surface area contributed by atoms with E-state index in [1.165, 1.54) is 12.8 Å². The summed E-state index contributed by atoms with van der Waals surface area (Å²) >= 11 is 0. The topological polar surface area (TPSA) is 32.3 Å². The van der Waals surface area contributed by atoms with Crippen molar-refractivity contribution in [3.05, 3.63) is 0 Å². The largest absolute Gasteiger partial charge is 0.343 e. The molecule has 1 heterocycles. The summed E-state index contributed by atoms with van der Waals surface area (Å²) in [5.41, 5.74) is 0. The zero-order valence-corrected chi connectivity index (χ0v) is 9.38. The van der Waals surface area contributed by atoms with E-state index in [2.05, 4.69) is 5.32 Å². The van der Waals surface area contributed by atoms with Gasteiger partial charge in [0.15, 0.2) is 0 Å². The van der Waals surface area contributed by atoms with Crippen molar-refractivity contribution in [1.29, 1.82) is 0 Å². The van der Waals surface area contributed by atoms with Crippen molar-refractivity contribution in [3.63, 3.8) is 0 Å². The SMILES string of the molecule is CCN(CC)C(=O)CC1CCCCN1. The van der Waals surface area contributed by atoms with Gasteiger partial charge in [0, 0.05) is 25.6 Å². The van der Waals surface area contributed by atoms with E-state index < -0.39 is 0 Å². The van der Waals surface area contributed by atoms with Gasteiger partial charge in [0.25, 0.3) is 0 Å². The summed E-state index contributed by atoms with van der Waals surface area (Å²) in [4.78, 5) is 13.7. The van der Waals surface area contributed by atoms with Crippen molar-refractivity contribution < 1.29 is 4.79 Å². The third-order valence-electron chi connectivity index (χ3n) is 2.95. The molecule has 1 aliphatic rings. The molecule has 0 bridgehead atoms. The Bertz CT molecular complexity index is 172. The fourth-order valence-electron chi connectivity index (χ4n) is 2.01. The highest BCUT2D eigenvalue weighted by Gasteiger charge is 2.18. The summed E-state index contributed by atoms with van der Waals surface area (Å²) in [6, 6.07) is 0.428. The number of rotatable bonds is 4. The molecule has 0 aromatic heterocycles. The van der Waals surface area contributed by atoms with Crippen LogP contribution in [0, 0.1) is 0 Å². The number of nitrogens with one attached hydrogen (secondary N) is 1. The smallest absolute Gasteiger partial charge is 0.224 e. The molecule has 1 amide bonds. The molecular weight excluding hydrogens is 176 g/mol. The number of carbonyl (C=O) groups excluding carboxylic acids is 1. The molecular formula is C11H22N2O. The fourth-order valence-corrected chi connectivity index (χ4v) is 2.01. The molecule has 14 heavy (non-hydrogen) atoms. The second-order valence-corrected chi connectivity index (χ2v) is 3.92. The van der Waals surface area contributed by atoms with Crippen LogP contribution in [0.4, 0.5) is 0 Å². The molecule has 1 unspecified atom stereocenters. The van der Waals surface area contributed by atoms with Crippen LogP contribution in [0.5, 0.6) is 0 Å². The molecule has 1 atom stereocenters. The summed E-state index contributed by atoms with van der Waals surface area (Å²) in [5.74, 6) is 0.300. The maximum Gasteiger partial charge on any atom is 0.224 e. The van der Waals surface area contributed by atoms with Crippen LogP contribution >= 0.6 is 0 Å². The average molecular weight is 198 g/mol. The average Bonchev–Trinajstić information content (AvgIpc) is 2.21. The molecule has 0 radical (unpaired) electrons. The van der Waals surface area contributed by atoms with E-state index in [1.54, 1.807) is 0 Å². The van der Waals surface area contributed by atoms with Crippen molar-refractivity contribution in [2.24, 2.45) is 0 Å². The number of carbonyl (C=O) groups is 1. The Morgan fingerprint density at radius 3 is 2.57 bits per heavy atom. The molecule has 3 heteroatoms. The van der Waals surface area contributed by atoms with Gasteiger partial charge in [0.05, 0.1) is 0 Å². The first-order chi connectivity index (χ1) is 6.77. The lowest BCUT2D eigenvalue weighted by Gasteiger charge is -2.26. The zero-order valence-electron chi connectivity index (χ0n) is 9.38. The third kappa shape index (κ3) is 3.29. The van der Waals surface area contributed by atoms with Gasteiger partial charge in [-0.25, -0.2) is 0 Å². The lowest BCUT2D eigenvalue weighted by Crippen LogP contribution is -2.40. The van der Waals surface area contributed by atoms with Crippen molar-refractivity contribution >= 4 is 5.91 Å². The van der Waals surface area contributed by atoms with Gasteiger partial charge in [0.1, 0.15) is 0 Å². The summed E-state index contributed by atoms with van der Waals surface area (Å²) in [6.45, 7) is 6.83. The van der Waals surface area contributed by atoms with Crippen LogP contribution in [0.25, 0.3) is 0 Å². The molecule has 1 aliphatic heterocycles. The summed E-state index contributed by atoms with van der Waals surface area (Å²) in [5, 5.41) is 3.41. The monoisotopic (exact) mass is 198 g/mol. The molecule has 0 aromatic rings. The number of amides is 1. The maximum absolute atomic E-state index is 11.8. The molecule has 0 aromatic carbocycles. The highest BCUT2D eigenvalue weighted by Crippen LogP contribution is 2.11. The van der Waals surface area contributed by atoms with Crippen molar-refractivity contribution in [1.82, 2.24) is 10.2 Å². The van der Waals surface area contributed by atoms with Crippen LogP contribution in [0.1, 0.15) is 39.5 Å². The molecule has 82 valence electrons. The van der Waals surface area contributed by atoms with Gasteiger partial charge in [0.2, 0.25) is 5.91 Å². The first-order valence-electron chi connectivity index (χ1n) is 5.79. The standard InChI is InChI=1S/C11H22N2O/c1-3-13(4-2)11(14)9-10-7-5-6-8-12-10/h10,12H,3-9H2,1-2H3. The molecule has 0 aliphatic carbocycles. The Hall–Kier alpha value is -0.570. The van der Waals surface area contributed by atoms with Crippen LogP contribution in [0.2, 0.25) is 0 Å². The predicted octanol–water partition coefficient (Wildman–Crippen LogP) is 1.39. The lowest BCUT2D eigenvalue weighted by atomic mass is 10.0. The number of hydrogen-bond donors (Lipinski definition) is 1. The van der Waals surface area contributed by atoms with Crippen molar-refractivity contribution in [2.45, 2.75) is 45.6 Å². The van der Waals surface area contributed by atoms with Crippen molar-refractivity contribution in [3.8, 4) is 0 Å². The van der Waals surface area contributed by atoms with Gasteiger partial charge in [-0.2, -0.15) is 0 Å². The Labute approximate surface area is 86.9 Å². The van der Waals surface area contributed by atoms with Gasteiger partial charge < -0.3 is 10.2 Å². The van der Waals surface area contributed by atoms with Crippen LogP contribution in [-0.4, -0.2) is 36.5 Å². The Morgan fingerprint density at radius 1 is 1.36 bits per heavy atom. The molecule has 1 N–H and O–H groups in total. The van der Waals surface area contributed by atoms with Crippen LogP contribution in [0.15, 0.2) is 0 Å². The maximum atomic E-state index is 11.8. The molecule has 1 fully saturated rings. The minimum atomic E-state index is 0.300. The highest BCUT2D eigenvalue weighted by molar-refractivity contribution is 5.76. The van der Waals surface area contributed by atoms with E-state index in [1.807, 2.05) is 18.7 Å². The normalized spacial score (nSPS) is 22.0. The third-order valence-corrected chi connectivity index (χ3v) is 2.95. The molecule has 0 saturated carbocycles. The second-order valence-electron chi connectivity index (χ2n) is 3.92. The molecule has 3 nitrogen and oxygen atoms in total. The quantitative estimate of drug-likeness (QED) is 0.740. The van der Waals surface area contributed by atoms with E-state index in [0.717, 1.165) is 26.1 Å². The van der Waals surface area contributed by atoms with E-state index in [4.69, 9.17) is 0 Å². The van der Waals surface area contributed by atoms with Crippen LogP contribution in [-0.2, 0) is 4.79 Å². The number of hydrogen-bond acceptors (Lipinski definition) is 2. The van der Waals surface area contributed by atoms with Gasteiger partial charge >= 0.3 is 0 Å². The van der Waals surface area contributed by atoms with Crippen molar-refractivity contribution in [2.75, 3.05) is 19.6 Å². The van der Waals surface area contributed by atoms with E-state index in [9.17, 15) is 4.79 Å². The molecule has 1 saturated heterocycles. The van der Waals surface area contributed by atoms with E-state index in [-0.39, 0.29) is 0 Å². The lowest BCUT2D eigenvalue weighted by molar-refractivity contribution is -0.131. The minimum absolute atomic E-state index is 0.300. The van der Waals surface area contributed by atoms with Gasteiger partial charge in [-0.15, -0.1) is 0 Å². The van der Waals surface area contributed by atoms with Gasteiger partial charge in [-0.05, 0) is 33.2 Å². The summed E-state index contributed by atoms with van der Waals surface area (Å²) < 4.78 is 0. The Kier molecular flexibility index (Phi) is 4.94. The van der Waals surface area contributed by atoms with Gasteiger partial charge in [-0.3, -0.25) is 4.79 Å². The minimum Gasteiger partial charge on any atom is -0.343 e. The first-order valence-corrected chi connectivity index (χ1v) is 5.79. The Morgan fingerprint density at radius 2 is 2.07 bits per heavy atom. The number of nitrogens with zero attached hydrogens (tertiary/aromatic N) is 1. The Balaban J connectivity index is 2.30. The zero-order chi connectivity index (χ0) is 10.4. The first kappa shape index (κ1) is 11.5. The summed E-state index contributed by atoms with van der Waals surface area (Å²) in [7, 11) is 0. The van der Waals surface area contributed by atoms with Gasteiger partial charge in [-0.1, -0.05) is 6.42 Å². The van der Waals surface area contributed by atoms with Crippen LogP contribution < -0.4 is 5.32 Å². The molecule has 1 rings (SSSR count). The van der Waals surface area contributed by atoms with E-state index >= 15 is 0 Å². The van der Waals surface area contributed by atoms with E-state index in [0.29, 0.717) is 18.4 Å². The fraction of sp³-hybridized carbons (Fsp3) is 0.909. The number of piperidine rings is 1. The molecule has 0 spiro atoms. The predicted molar refractivity (Wildman–Crippen MR) is 58.2 cm³/mol. The second kappa shape index (κ2) is 6.02. The summed E-state index contributed by atoms with van der Waals surface area (Å²) in [6.07, 6.45) is 4.37. The van der Waals surface area contributed by atoms with Crippen LogP contribution in [0.3, 0.4) is 0 Å². The highest BCUT2D eigenvalue weighted by atomic mass is 16.2.